The van der Waals surface area contributed by atoms with Crippen LogP contribution in [-0.2, 0) is 4.79 Å². The summed E-state index contributed by atoms with van der Waals surface area (Å²) in [6.45, 7) is 9.12. The van der Waals surface area contributed by atoms with E-state index in [1.54, 1.807) is 0 Å². The Hall–Kier alpha value is -1.35. The SMILES string of the molecule is CC(CN)CC(=O)NC(CC(C)(C)C)c1ccccc1. The quantitative estimate of drug-likeness (QED) is 0.838. The fourth-order valence-electron chi connectivity index (χ4n) is 2.20. The molecule has 0 heterocycles. The van der Waals surface area contributed by atoms with E-state index in [1.165, 1.54) is 0 Å². The summed E-state index contributed by atoms with van der Waals surface area (Å²) in [5, 5.41) is 3.16. The van der Waals surface area contributed by atoms with Crippen LogP contribution < -0.4 is 11.1 Å². The Morgan fingerprint density at radius 3 is 2.35 bits per heavy atom. The zero-order valence-corrected chi connectivity index (χ0v) is 13.1. The minimum Gasteiger partial charge on any atom is -0.349 e. The topological polar surface area (TPSA) is 55.1 Å². The largest absolute Gasteiger partial charge is 0.349 e. The van der Waals surface area contributed by atoms with Crippen molar-refractivity contribution >= 4 is 5.91 Å². The smallest absolute Gasteiger partial charge is 0.220 e. The molecule has 0 bridgehead atoms. The van der Waals surface area contributed by atoms with Crippen LogP contribution in [0.2, 0.25) is 0 Å². The Balaban J connectivity index is 2.76. The molecule has 3 N–H and O–H groups in total. The van der Waals surface area contributed by atoms with E-state index in [2.05, 4.69) is 38.2 Å². The maximum atomic E-state index is 12.1. The lowest BCUT2D eigenvalue weighted by atomic mass is 9.85. The average molecular weight is 276 g/mol. The molecule has 0 spiro atoms. The van der Waals surface area contributed by atoms with E-state index in [4.69, 9.17) is 5.73 Å². The molecule has 0 aliphatic rings. The number of carbonyl (C=O) groups is 1. The van der Waals surface area contributed by atoms with E-state index < -0.39 is 0 Å². The van der Waals surface area contributed by atoms with Crippen LogP contribution in [0.15, 0.2) is 30.3 Å². The van der Waals surface area contributed by atoms with E-state index in [1.807, 2.05) is 25.1 Å². The lowest BCUT2D eigenvalue weighted by Gasteiger charge is -2.27. The summed E-state index contributed by atoms with van der Waals surface area (Å²) in [6, 6.07) is 10.2. The molecular weight excluding hydrogens is 248 g/mol. The highest BCUT2D eigenvalue weighted by atomic mass is 16.1. The molecule has 0 fully saturated rings. The van der Waals surface area contributed by atoms with E-state index in [0.717, 1.165) is 12.0 Å². The van der Waals surface area contributed by atoms with Crippen molar-refractivity contribution in [3.05, 3.63) is 35.9 Å². The monoisotopic (exact) mass is 276 g/mol. The summed E-state index contributed by atoms with van der Waals surface area (Å²) >= 11 is 0. The van der Waals surface area contributed by atoms with E-state index in [9.17, 15) is 4.79 Å². The van der Waals surface area contributed by atoms with Crippen LogP contribution in [0.3, 0.4) is 0 Å². The van der Waals surface area contributed by atoms with Crippen molar-refractivity contribution in [2.45, 2.75) is 46.6 Å². The molecule has 2 atom stereocenters. The van der Waals surface area contributed by atoms with Gasteiger partial charge in [-0.3, -0.25) is 4.79 Å². The first-order valence-electron chi connectivity index (χ1n) is 7.36. The highest BCUT2D eigenvalue weighted by Crippen LogP contribution is 2.29. The number of amides is 1. The van der Waals surface area contributed by atoms with E-state index in [0.29, 0.717) is 13.0 Å². The third kappa shape index (κ3) is 6.20. The van der Waals surface area contributed by atoms with Gasteiger partial charge in [0.2, 0.25) is 5.91 Å². The maximum absolute atomic E-state index is 12.1. The Morgan fingerprint density at radius 2 is 1.85 bits per heavy atom. The molecule has 0 saturated heterocycles. The van der Waals surface area contributed by atoms with Gasteiger partial charge in [0.1, 0.15) is 0 Å². The summed E-state index contributed by atoms with van der Waals surface area (Å²) < 4.78 is 0. The van der Waals surface area contributed by atoms with Crippen molar-refractivity contribution in [2.24, 2.45) is 17.1 Å². The van der Waals surface area contributed by atoms with Gasteiger partial charge in [-0.25, -0.2) is 0 Å². The number of carbonyl (C=O) groups excluding carboxylic acids is 1. The molecule has 0 aliphatic heterocycles. The third-order valence-electron chi connectivity index (χ3n) is 3.29. The van der Waals surface area contributed by atoms with E-state index >= 15 is 0 Å². The molecule has 1 rings (SSSR count). The zero-order chi connectivity index (χ0) is 15.2. The normalized spacial score (nSPS) is 14.7. The number of nitrogens with two attached hydrogens (primary N) is 1. The van der Waals surface area contributed by atoms with Gasteiger partial charge in [0.25, 0.3) is 0 Å². The van der Waals surface area contributed by atoms with Gasteiger partial charge in [-0.05, 0) is 29.9 Å². The summed E-state index contributed by atoms with van der Waals surface area (Å²) in [5.41, 5.74) is 6.91. The van der Waals surface area contributed by atoms with Gasteiger partial charge < -0.3 is 11.1 Å². The molecule has 20 heavy (non-hydrogen) atoms. The Kier molecular flexibility index (Phi) is 6.21. The zero-order valence-electron chi connectivity index (χ0n) is 13.1. The second kappa shape index (κ2) is 7.44. The molecule has 0 saturated carbocycles. The Bertz CT molecular complexity index is 409. The first kappa shape index (κ1) is 16.7. The van der Waals surface area contributed by atoms with Crippen molar-refractivity contribution in [3.63, 3.8) is 0 Å². The molecule has 3 nitrogen and oxygen atoms in total. The molecule has 1 aromatic rings. The summed E-state index contributed by atoms with van der Waals surface area (Å²) in [4.78, 5) is 12.1. The molecule has 0 aliphatic carbocycles. The standard InChI is InChI=1S/C17H28N2O/c1-13(12-18)10-16(20)19-15(11-17(2,3)4)14-8-6-5-7-9-14/h5-9,13,15H,10-12,18H2,1-4H3,(H,19,20). The van der Waals surface area contributed by atoms with Crippen molar-refractivity contribution < 1.29 is 4.79 Å². The van der Waals surface area contributed by atoms with Gasteiger partial charge in [-0.15, -0.1) is 0 Å². The number of benzene rings is 1. The van der Waals surface area contributed by atoms with Crippen LogP contribution in [0.4, 0.5) is 0 Å². The number of hydrogen-bond acceptors (Lipinski definition) is 2. The highest BCUT2D eigenvalue weighted by Gasteiger charge is 2.22. The predicted molar refractivity (Wildman–Crippen MR) is 84.2 cm³/mol. The lowest BCUT2D eigenvalue weighted by molar-refractivity contribution is -0.122. The summed E-state index contributed by atoms with van der Waals surface area (Å²) in [5.74, 6) is 0.308. The Morgan fingerprint density at radius 1 is 1.25 bits per heavy atom. The minimum atomic E-state index is 0.0636. The van der Waals surface area contributed by atoms with Crippen LogP contribution in [0.1, 0.15) is 52.1 Å². The van der Waals surface area contributed by atoms with Crippen molar-refractivity contribution in [1.29, 1.82) is 0 Å². The van der Waals surface area contributed by atoms with Crippen molar-refractivity contribution in [2.75, 3.05) is 6.54 Å². The lowest BCUT2D eigenvalue weighted by Crippen LogP contribution is -2.33. The molecule has 112 valence electrons. The first-order chi connectivity index (χ1) is 9.31. The van der Waals surface area contributed by atoms with Crippen molar-refractivity contribution in [3.8, 4) is 0 Å². The van der Waals surface area contributed by atoms with Gasteiger partial charge >= 0.3 is 0 Å². The van der Waals surface area contributed by atoms with Crippen LogP contribution in [0.25, 0.3) is 0 Å². The van der Waals surface area contributed by atoms with Gasteiger partial charge in [-0.2, -0.15) is 0 Å². The molecule has 2 unspecified atom stereocenters. The summed E-state index contributed by atoms with van der Waals surface area (Å²) in [7, 11) is 0. The first-order valence-corrected chi connectivity index (χ1v) is 7.36. The van der Waals surface area contributed by atoms with Crippen molar-refractivity contribution in [1.82, 2.24) is 5.32 Å². The molecular formula is C17H28N2O. The van der Waals surface area contributed by atoms with Gasteiger partial charge in [0, 0.05) is 6.42 Å². The third-order valence-corrected chi connectivity index (χ3v) is 3.29. The van der Waals surface area contributed by atoms with Crippen LogP contribution >= 0.6 is 0 Å². The fourth-order valence-corrected chi connectivity index (χ4v) is 2.20. The molecule has 0 aromatic heterocycles. The second-order valence-corrected chi connectivity index (χ2v) is 6.84. The fraction of sp³-hybridized carbons (Fsp3) is 0.588. The number of rotatable bonds is 6. The molecule has 1 amide bonds. The van der Waals surface area contributed by atoms with Crippen LogP contribution in [-0.4, -0.2) is 12.5 Å². The van der Waals surface area contributed by atoms with Crippen LogP contribution in [0, 0.1) is 11.3 Å². The summed E-state index contributed by atoms with van der Waals surface area (Å²) in [6.07, 6.45) is 1.41. The van der Waals surface area contributed by atoms with E-state index in [-0.39, 0.29) is 23.3 Å². The second-order valence-electron chi connectivity index (χ2n) is 6.84. The average Bonchev–Trinajstić information content (AvgIpc) is 2.37. The molecule has 0 radical (unpaired) electrons. The van der Waals surface area contributed by atoms with Gasteiger partial charge in [-0.1, -0.05) is 58.0 Å². The van der Waals surface area contributed by atoms with Gasteiger partial charge in [0.15, 0.2) is 0 Å². The number of nitrogens with one attached hydrogen (secondary N) is 1. The van der Waals surface area contributed by atoms with Crippen LogP contribution in [0.5, 0.6) is 0 Å². The minimum absolute atomic E-state index is 0.0636. The molecule has 1 aromatic carbocycles. The van der Waals surface area contributed by atoms with Gasteiger partial charge in [0.05, 0.1) is 6.04 Å². The number of hydrogen-bond donors (Lipinski definition) is 2. The highest BCUT2D eigenvalue weighted by molar-refractivity contribution is 5.76. The predicted octanol–water partition coefficient (Wildman–Crippen LogP) is 3.27. The Labute approximate surface area is 122 Å². The maximum Gasteiger partial charge on any atom is 0.220 e. The molecule has 3 heteroatoms.